The van der Waals surface area contributed by atoms with Crippen LogP contribution in [-0.4, -0.2) is 12.4 Å². The van der Waals surface area contributed by atoms with Gasteiger partial charge in [-0.25, -0.2) is 0 Å². The Bertz CT molecular complexity index is 640. The summed E-state index contributed by atoms with van der Waals surface area (Å²) in [5.41, 5.74) is 1.35. The summed E-state index contributed by atoms with van der Waals surface area (Å²) in [6, 6.07) is 15.9. The molecule has 2 nitrogen and oxygen atoms in total. The summed E-state index contributed by atoms with van der Waals surface area (Å²) in [5.74, 6) is -0.135. The molecule has 2 unspecified atom stereocenters. The largest absolute Gasteiger partial charge is 0.434 e. The second kappa shape index (κ2) is 5.64. The number of para-hydroxylation sites is 1. The SMILES string of the molecule is O=C(c1ccccc1OC(F)F)C1CC1c1ccccc1. The van der Waals surface area contributed by atoms with Crippen LogP contribution in [-0.2, 0) is 0 Å². The maximum Gasteiger partial charge on any atom is 0.387 e. The van der Waals surface area contributed by atoms with Crippen molar-refractivity contribution in [1.29, 1.82) is 0 Å². The van der Waals surface area contributed by atoms with Gasteiger partial charge in [-0.15, -0.1) is 0 Å². The fourth-order valence-corrected chi connectivity index (χ4v) is 2.62. The number of benzene rings is 2. The summed E-state index contributed by atoms with van der Waals surface area (Å²) in [6.45, 7) is -2.93. The van der Waals surface area contributed by atoms with Crippen molar-refractivity contribution in [3.8, 4) is 5.75 Å². The molecular formula is C17H14F2O2. The van der Waals surface area contributed by atoms with Crippen LogP contribution in [0.4, 0.5) is 8.78 Å². The zero-order valence-electron chi connectivity index (χ0n) is 11.2. The Morgan fingerprint density at radius 1 is 1.05 bits per heavy atom. The molecule has 0 N–H and O–H groups in total. The highest BCUT2D eigenvalue weighted by molar-refractivity contribution is 6.02. The number of carbonyl (C=O) groups excluding carboxylic acids is 1. The van der Waals surface area contributed by atoms with Gasteiger partial charge in [0.05, 0.1) is 5.56 Å². The van der Waals surface area contributed by atoms with Crippen molar-refractivity contribution in [1.82, 2.24) is 0 Å². The van der Waals surface area contributed by atoms with E-state index in [4.69, 9.17) is 0 Å². The summed E-state index contributed by atoms with van der Waals surface area (Å²) in [7, 11) is 0. The minimum absolute atomic E-state index is 0.0452. The maximum absolute atomic E-state index is 12.5. The van der Waals surface area contributed by atoms with Gasteiger partial charge in [0.25, 0.3) is 0 Å². The number of rotatable bonds is 5. The Balaban J connectivity index is 1.78. The molecule has 0 aliphatic heterocycles. The average molecular weight is 288 g/mol. The predicted molar refractivity (Wildman–Crippen MR) is 74.7 cm³/mol. The molecule has 0 aromatic heterocycles. The van der Waals surface area contributed by atoms with Crippen molar-refractivity contribution in [3.63, 3.8) is 0 Å². The molecule has 0 radical (unpaired) electrons. The van der Waals surface area contributed by atoms with E-state index in [-0.39, 0.29) is 28.9 Å². The van der Waals surface area contributed by atoms with E-state index >= 15 is 0 Å². The van der Waals surface area contributed by atoms with Gasteiger partial charge >= 0.3 is 6.61 Å². The number of alkyl halides is 2. The summed E-state index contributed by atoms with van der Waals surface area (Å²) >= 11 is 0. The molecular weight excluding hydrogens is 274 g/mol. The first-order valence-electron chi connectivity index (χ1n) is 6.80. The van der Waals surface area contributed by atoms with Crippen molar-refractivity contribution in [2.45, 2.75) is 19.0 Å². The third-order valence-electron chi connectivity index (χ3n) is 3.72. The molecule has 0 saturated heterocycles. The molecule has 2 aromatic carbocycles. The third-order valence-corrected chi connectivity index (χ3v) is 3.72. The van der Waals surface area contributed by atoms with E-state index in [1.165, 1.54) is 6.07 Å². The molecule has 1 saturated carbocycles. The summed E-state index contributed by atoms with van der Waals surface area (Å²) in [5, 5.41) is 0. The first-order valence-corrected chi connectivity index (χ1v) is 6.80. The number of halogens is 2. The van der Waals surface area contributed by atoms with Gasteiger partial charge in [-0.1, -0.05) is 42.5 Å². The highest BCUT2D eigenvalue weighted by Crippen LogP contribution is 2.49. The van der Waals surface area contributed by atoms with Gasteiger partial charge in [-0.3, -0.25) is 4.79 Å². The van der Waals surface area contributed by atoms with Crippen LogP contribution in [0.15, 0.2) is 54.6 Å². The lowest BCUT2D eigenvalue weighted by atomic mass is 10.0. The third kappa shape index (κ3) is 2.94. The lowest BCUT2D eigenvalue weighted by Gasteiger charge is -2.09. The molecule has 0 bridgehead atoms. The van der Waals surface area contributed by atoms with Gasteiger partial charge in [0.2, 0.25) is 0 Å². The normalized spacial score (nSPS) is 20.3. The molecule has 1 aliphatic rings. The molecule has 4 heteroatoms. The van der Waals surface area contributed by atoms with Gasteiger partial charge in [-0.2, -0.15) is 8.78 Å². The summed E-state index contributed by atoms with van der Waals surface area (Å²) in [4.78, 5) is 12.5. The Kier molecular flexibility index (Phi) is 3.69. The molecule has 2 aromatic rings. The van der Waals surface area contributed by atoms with Crippen LogP contribution in [0.3, 0.4) is 0 Å². The molecule has 0 heterocycles. The monoisotopic (exact) mass is 288 g/mol. The second-order valence-corrected chi connectivity index (χ2v) is 5.10. The van der Waals surface area contributed by atoms with E-state index in [1.54, 1.807) is 18.2 Å². The minimum Gasteiger partial charge on any atom is -0.434 e. The standard InChI is InChI=1S/C17H14F2O2/c18-17(19)21-15-9-5-4-8-12(15)16(20)14-10-13(14)11-6-2-1-3-7-11/h1-9,13-14,17H,10H2. The van der Waals surface area contributed by atoms with E-state index in [0.29, 0.717) is 0 Å². The van der Waals surface area contributed by atoms with Crippen molar-refractivity contribution >= 4 is 5.78 Å². The van der Waals surface area contributed by atoms with Crippen LogP contribution in [0, 0.1) is 5.92 Å². The van der Waals surface area contributed by atoms with Crippen molar-refractivity contribution in [2.24, 2.45) is 5.92 Å². The molecule has 3 rings (SSSR count). The molecule has 21 heavy (non-hydrogen) atoms. The Labute approximate surface area is 121 Å². The number of Topliss-reactive ketones (excluding diaryl/α,β-unsaturated/α-hetero) is 1. The van der Waals surface area contributed by atoms with Gasteiger partial charge in [0.1, 0.15) is 5.75 Å². The summed E-state index contributed by atoms with van der Waals surface area (Å²) < 4.78 is 29.2. The fraction of sp³-hybridized carbons (Fsp3) is 0.235. The van der Waals surface area contributed by atoms with Gasteiger partial charge < -0.3 is 4.74 Å². The zero-order valence-corrected chi connectivity index (χ0v) is 11.2. The topological polar surface area (TPSA) is 26.3 Å². The van der Waals surface area contributed by atoms with Crippen molar-refractivity contribution in [3.05, 3.63) is 65.7 Å². The second-order valence-electron chi connectivity index (χ2n) is 5.10. The van der Waals surface area contributed by atoms with Crippen LogP contribution in [0.1, 0.15) is 28.3 Å². The van der Waals surface area contributed by atoms with Gasteiger partial charge in [0.15, 0.2) is 5.78 Å². The average Bonchev–Trinajstić information content (AvgIpc) is 3.28. The molecule has 1 fully saturated rings. The van der Waals surface area contributed by atoms with Crippen molar-refractivity contribution < 1.29 is 18.3 Å². The zero-order chi connectivity index (χ0) is 14.8. The lowest BCUT2D eigenvalue weighted by Crippen LogP contribution is -2.09. The van der Waals surface area contributed by atoms with E-state index < -0.39 is 6.61 Å². The van der Waals surface area contributed by atoms with E-state index in [9.17, 15) is 13.6 Å². The molecule has 0 spiro atoms. The van der Waals surface area contributed by atoms with Gasteiger partial charge in [-0.05, 0) is 30.0 Å². The fourth-order valence-electron chi connectivity index (χ4n) is 2.62. The van der Waals surface area contributed by atoms with E-state index in [2.05, 4.69) is 4.74 Å². The van der Waals surface area contributed by atoms with Crippen LogP contribution in [0.25, 0.3) is 0 Å². The van der Waals surface area contributed by atoms with Crippen LogP contribution in [0.2, 0.25) is 0 Å². The number of hydrogen-bond acceptors (Lipinski definition) is 2. The predicted octanol–water partition coefficient (Wildman–Crippen LogP) is 4.27. The number of carbonyl (C=O) groups is 1. The molecule has 0 amide bonds. The van der Waals surface area contributed by atoms with Crippen molar-refractivity contribution in [2.75, 3.05) is 0 Å². The lowest BCUT2D eigenvalue weighted by molar-refractivity contribution is -0.0501. The van der Waals surface area contributed by atoms with Crippen LogP contribution in [0.5, 0.6) is 5.75 Å². The van der Waals surface area contributed by atoms with Gasteiger partial charge in [0, 0.05) is 5.92 Å². The first-order chi connectivity index (χ1) is 10.2. The Morgan fingerprint density at radius 3 is 2.43 bits per heavy atom. The number of ketones is 1. The quantitative estimate of drug-likeness (QED) is 0.768. The van der Waals surface area contributed by atoms with E-state index in [0.717, 1.165) is 12.0 Å². The number of ether oxygens (including phenoxy) is 1. The molecule has 1 aliphatic carbocycles. The molecule has 2 atom stereocenters. The highest BCUT2D eigenvalue weighted by atomic mass is 19.3. The Hall–Kier alpha value is -2.23. The smallest absolute Gasteiger partial charge is 0.387 e. The Morgan fingerprint density at radius 2 is 1.71 bits per heavy atom. The van der Waals surface area contributed by atoms with E-state index in [1.807, 2.05) is 30.3 Å². The van der Waals surface area contributed by atoms with Crippen LogP contribution < -0.4 is 4.74 Å². The summed E-state index contributed by atoms with van der Waals surface area (Å²) in [6.07, 6.45) is 0.756. The highest BCUT2D eigenvalue weighted by Gasteiger charge is 2.44. The maximum atomic E-state index is 12.5. The first kappa shape index (κ1) is 13.7. The molecule has 108 valence electrons. The number of hydrogen-bond donors (Lipinski definition) is 0. The minimum atomic E-state index is -2.93. The van der Waals surface area contributed by atoms with Crippen LogP contribution >= 0.6 is 0 Å².